The Bertz CT molecular complexity index is 487. The quantitative estimate of drug-likeness (QED) is 0.858. The van der Waals surface area contributed by atoms with E-state index in [0.29, 0.717) is 6.54 Å². The predicted molar refractivity (Wildman–Crippen MR) is 75.7 cm³/mol. The fourth-order valence-corrected chi connectivity index (χ4v) is 1.82. The maximum absolute atomic E-state index is 5.60. The third-order valence-electron chi connectivity index (χ3n) is 2.80. The van der Waals surface area contributed by atoms with Crippen LogP contribution in [0, 0.1) is 0 Å². The zero-order valence-electron chi connectivity index (χ0n) is 11.0. The predicted octanol–water partition coefficient (Wildman–Crippen LogP) is 1.97. The lowest BCUT2D eigenvalue weighted by molar-refractivity contribution is 0.415. The topological polar surface area (TPSA) is 64.3 Å². The molecule has 1 aromatic heterocycles. The van der Waals surface area contributed by atoms with Crippen LogP contribution in [0.1, 0.15) is 6.42 Å². The molecule has 100 valence electrons. The van der Waals surface area contributed by atoms with Gasteiger partial charge < -0.3 is 15.4 Å². The van der Waals surface area contributed by atoms with Gasteiger partial charge in [0.05, 0.1) is 13.3 Å². The number of rotatable bonds is 6. The molecule has 0 unspecified atom stereocenters. The molecule has 0 aliphatic carbocycles. The van der Waals surface area contributed by atoms with Gasteiger partial charge in [-0.25, -0.2) is 4.98 Å². The van der Waals surface area contributed by atoms with Crippen LogP contribution in [0.25, 0.3) is 0 Å². The first-order chi connectivity index (χ1) is 9.35. The second kappa shape index (κ2) is 6.70. The highest BCUT2D eigenvalue weighted by Crippen LogP contribution is 2.25. The Kier molecular flexibility index (Phi) is 4.69. The van der Waals surface area contributed by atoms with Gasteiger partial charge in [0.25, 0.3) is 0 Å². The van der Waals surface area contributed by atoms with E-state index in [1.807, 2.05) is 24.3 Å². The van der Waals surface area contributed by atoms with E-state index < -0.39 is 0 Å². The highest BCUT2D eigenvalue weighted by atomic mass is 16.5. The molecule has 19 heavy (non-hydrogen) atoms. The third-order valence-corrected chi connectivity index (χ3v) is 2.80. The van der Waals surface area contributed by atoms with Crippen molar-refractivity contribution in [3.8, 4) is 5.75 Å². The molecule has 2 aromatic rings. The van der Waals surface area contributed by atoms with Crippen LogP contribution in [0.5, 0.6) is 5.75 Å². The van der Waals surface area contributed by atoms with Gasteiger partial charge >= 0.3 is 0 Å². The summed E-state index contributed by atoms with van der Waals surface area (Å²) in [4.78, 5) is 10.6. The number of hydrogen-bond acceptors (Lipinski definition) is 5. The van der Waals surface area contributed by atoms with E-state index in [4.69, 9.17) is 10.5 Å². The molecule has 0 amide bonds. The van der Waals surface area contributed by atoms with Crippen LogP contribution in [0.2, 0.25) is 0 Å². The van der Waals surface area contributed by atoms with Crippen molar-refractivity contribution in [2.45, 2.75) is 6.42 Å². The summed E-state index contributed by atoms with van der Waals surface area (Å²) in [5.74, 6) is 1.66. The molecule has 0 radical (unpaired) electrons. The number of hydrogen-bond donors (Lipinski definition) is 1. The van der Waals surface area contributed by atoms with Crippen molar-refractivity contribution in [3.63, 3.8) is 0 Å². The van der Waals surface area contributed by atoms with Gasteiger partial charge in [0.2, 0.25) is 0 Å². The van der Waals surface area contributed by atoms with Crippen molar-refractivity contribution >= 4 is 11.5 Å². The smallest absolute Gasteiger partial charge is 0.151 e. The molecule has 0 bridgehead atoms. The van der Waals surface area contributed by atoms with Crippen LogP contribution in [0.3, 0.4) is 0 Å². The fourth-order valence-electron chi connectivity index (χ4n) is 1.82. The van der Waals surface area contributed by atoms with Gasteiger partial charge in [-0.3, -0.25) is 4.98 Å². The zero-order valence-corrected chi connectivity index (χ0v) is 11.0. The van der Waals surface area contributed by atoms with Gasteiger partial charge in [-0.2, -0.15) is 0 Å². The maximum atomic E-state index is 5.60. The van der Waals surface area contributed by atoms with Crippen molar-refractivity contribution in [2.24, 2.45) is 5.73 Å². The lowest BCUT2D eigenvalue weighted by atomic mass is 10.2. The summed E-state index contributed by atoms with van der Waals surface area (Å²) < 4.78 is 5.17. The number of aromatic nitrogens is 2. The summed E-state index contributed by atoms with van der Waals surface area (Å²) in [6.45, 7) is 1.45. The van der Waals surface area contributed by atoms with Crippen molar-refractivity contribution in [1.29, 1.82) is 0 Å². The second-order valence-corrected chi connectivity index (χ2v) is 4.06. The van der Waals surface area contributed by atoms with E-state index in [2.05, 4.69) is 14.9 Å². The second-order valence-electron chi connectivity index (χ2n) is 4.06. The Morgan fingerprint density at radius 1 is 1.21 bits per heavy atom. The molecule has 2 N–H and O–H groups in total. The minimum Gasteiger partial charge on any atom is -0.497 e. The Labute approximate surface area is 113 Å². The van der Waals surface area contributed by atoms with Crippen LogP contribution in [-0.2, 0) is 0 Å². The molecular weight excluding hydrogens is 240 g/mol. The standard InChI is InChI=1S/C14H18N4O/c1-19-13-5-3-12(4-6-13)18(10-2-7-15)14-11-16-8-9-17-14/h3-6,8-9,11H,2,7,10,15H2,1H3. The molecule has 0 spiro atoms. The maximum Gasteiger partial charge on any atom is 0.151 e. The number of methoxy groups -OCH3 is 1. The average molecular weight is 258 g/mol. The third kappa shape index (κ3) is 3.42. The van der Waals surface area contributed by atoms with Crippen LogP contribution in [-0.4, -0.2) is 30.2 Å². The molecule has 0 aliphatic rings. The summed E-state index contributed by atoms with van der Waals surface area (Å²) in [7, 11) is 1.66. The normalized spacial score (nSPS) is 10.2. The van der Waals surface area contributed by atoms with Gasteiger partial charge in [-0.15, -0.1) is 0 Å². The van der Waals surface area contributed by atoms with E-state index in [1.54, 1.807) is 25.7 Å². The van der Waals surface area contributed by atoms with E-state index in [9.17, 15) is 0 Å². The van der Waals surface area contributed by atoms with Gasteiger partial charge in [-0.05, 0) is 37.2 Å². The van der Waals surface area contributed by atoms with E-state index in [1.165, 1.54) is 0 Å². The molecule has 1 aromatic carbocycles. The van der Waals surface area contributed by atoms with Crippen molar-refractivity contribution in [1.82, 2.24) is 9.97 Å². The molecule has 2 rings (SSSR count). The highest BCUT2D eigenvalue weighted by Gasteiger charge is 2.10. The van der Waals surface area contributed by atoms with E-state index in [-0.39, 0.29) is 0 Å². The summed E-state index contributed by atoms with van der Waals surface area (Å²) in [5.41, 5.74) is 6.65. The first kappa shape index (κ1) is 13.3. The molecular formula is C14H18N4O. The van der Waals surface area contributed by atoms with Gasteiger partial charge in [0, 0.05) is 24.6 Å². The summed E-state index contributed by atoms with van der Waals surface area (Å²) >= 11 is 0. The largest absolute Gasteiger partial charge is 0.497 e. The zero-order chi connectivity index (χ0) is 13.5. The van der Waals surface area contributed by atoms with Gasteiger partial charge in [0.15, 0.2) is 5.82 Å². The number of benzene rings is 1. The average Bonchev–Trinajstić information content (AvgIpc) is 2.49. The SMILES string of the molecule is COc1ccc(N(CCCN)c2cnccn2)cc1. The lowest BCUT2D eigenvalue weighted by Gasteiger charge is -2.23. The molecule has 0 fully saturated rings. The number of anilines is 2. The van der Waals surface area contributed by atoms with Crippen LogP contribution in [0.15, 0.2) is 42.9 Å². The number of nitrogens with zero attached hydrogens (tertiary/aromatic N) is 3. The highest BCUT2D eigenvalue weighted by molar-refractivity contribution is 5.59. The monoisotopic (exact) mass is 258 g/mol. The fraction of sp³-hybridized carbons (Fsp3) is 0.286. The first-order valence-corrected chi connectivity index (χ1v) is 6.23. The number of nitrogens with two attached hydrogens (primary N) is 1. The Balaban J connectivity index is 2.26. The molecule has 0 saturated carbocycles. The van der Waals surface area contributed by atoms with Gasteiger partial charge in [-0.1, -0.05) is 0 Å². The molecule has 0 saturated heterocycles. The Morgan fingerprint density at radius 3 is 2.58 bits per heavy atom. The van der Waals surface area contributed by atoms with Crippen molar-refractivity contribution in [2.75, 3.05) is 25.1 Å². The van der Waals surface area contributed by atoms with Crippen LogP contribution >= 0.6 is 0 Å². The Morgan fingerprint density at radius 2 is 2.00 bits per heavy atom. The van der Waals surface area contributed by atoms with E-state index >= 15 is 0 Å². The first-order valence-electron chi connectivity index (χ1n) is 6.23. The molecule has 5 nitrogen and oxygen atoms in total. The molecule has 0 atom stereocenters. The molecule has 5 heteroatoms. The summed E-state index contributed by atoms with van der Waals surface area (Å²) in [5, 5.41) is 0. The van der Waals surface area contributed by atoms with Crippen LogP contribution in [0.4, 0.5) is 11.5 Å². The van der Waals surface area contributed by atoms with Crippen molar-refractivity contribution < 1.29 is 4.74 Å². The van der Waals surface area contributed by atoms with Crippen molar-refractivity contribution in [3.05, 3.63) is 42.9 Å². The lowest BCUT2D eigenvalue weighted by Crippen LogP contribution is -2.21. The molecule has 0 aliphatic heterocycles. The number of ether oxygens (including phenoxy) is 1. The van der Waals surface area contributed by atoms with E-state index in [0.717, 1.165) is 30.2 Å². The summed E-state index contributed by atoms with van der Waals surface area (Å²) in [6, 6.07) is 7.87. The summed E-state index contributed by atoms with van der Waals surface area (Å²) in [6.07, 6.45) is 6.00. The van der Waals surface area contributed by atoms with Gasteiger partial charge in [0.1, 0.15) is 5.75 Å². The molecule has 1 heterocycles. The minimum absolute atomic E-state index is 0.646. The Hall–Kier alpha value is -2.14. The van der Waals surface area contributed by atoms with Crippen LogP contribution < -0.4 is 15.4 Å². The minimum atomic E-state index is 0.646.